The normalized spacial score (nSPS) is 23.0. The molecule has 1 aliphatic heterocycles. The molecule has 0 saturated carbocycles. The second kappa shape index (κ2) is 29.8. The summed E-state index contributed by atoms with van der Waals surface area (Å²) in [6.45, 7) is 3.12. The Labute approximate surface area is 313 Å². The highest BCUT2D eigenvalue weighted by Gasteiger charge is 2.48. The predicted molar refractivity (Wildman–Crippen MR) is 201 cm³/mol. The summed E-state index contributed by atoms with van der Waals surface area (Å²) in [5, 5.41) is 54.7. The molecule has 1 amide bonds. The van der Waals surface area contributed by atoms with Crippen molar-refractivity contribution in [3.05, 3.63) is 24.3 Å². The zero-order valence-corrected chi connectivity index (χ0v) is 32.5. The largest absolute Gasteiger partial charge is 0.397 e. The number of carbonyl (C=O) groups is 1. The number of carbonyl (C=O) groups excluding carboxylic acids is 1. The van der Waals surface area contributed by atoms with E-state index in [-0.39, 0.29) is 6.42 Å². The summed E-state index contributed by atoms with van der Waals surface area (Å²) in [5.41, 5.74) is 0. The van der Waals surface area contributed by atoms with Crippen molar-refractivity contribution in [3.8, 4) is 0 Å². The van der Waals surface area contributed by atoms with Crippen molar-refractivity contribution >= 4 is 16.3 Å². The van der Waals surface area contributed by atoms with Gasteiger partial charge < -0.3 is 40.3 Å². The quantitative estimate of drug-likeness (QED) is 0.0268. The first-order chi connectivity index (χ1) is 24.9. The molecule has 1 aliphatic rings. The number of hydrogen-bond acceptors (Lipinski definition) is 11. The SMILES string of the molecule is CCCCCCCC/C=C/C(O)C(COC1OC(CO)C(O)C(OS(=O)(=O)O)C1O)NC(=O)C(O)CCCCCC/C=C\CCCCCCCCC. The molecule has 1 rings (SSSR count). The zero-order valence-electron chi connectivity index (χ0n) is 31.7. The van der Waals surface area contributed by atoms with Crippen LogP contribution in [-0.2, 0) is 28.9 Å². The maximum atomic E-state index is 13.0. The van der Waals surface area contributed by atoms with Crippen LogP contribution in [0.4, 0.5) is 0 Å². The third-order valence-electron chi connectivity index (χ3n) is 9.33. The second-order valence-electron chi connectivity index (χ2n) is 14.0. The molecule has 0 radical (unpaired) electrons. The van der Waals surface area contributed by atoms with Gasteiger partial charge in [-0.05, 0) is 44.9 Å². The molecule has 1 heterocycles. The van der Waals surface area contributed by atoms with Crippen molar-refractivity contribution in [2.75, 3.05) is 13.2 Å². The van der Waals surface area contributed by atoms with E-state index in [9.17, 15) is 38.7 Å². The molecule has 14 heteroatoms. The Bertz CT molecular complexity index is 1060. The van der Waals surface area contributed by atoms with Crippen molar-refractivity contribution in [1.29, 1.82) is 0 Å². The van der Waals surface area contributed by atoms with Crippen LogP contribution in [0.3, 0.4) is 0 Å². The number of nitrogens with one attached hydrogen (secondary N) is 1. The third-order valence-corrected chi connectivity index (χ3v) is 9.80. The fourth-order valence-electron chi connectivity index (χ4n) is 6.10. The number of rotatable bonds is 32. The molecule has 0 aromatic rings. The van der Waals surface area contributed by atoms with Crippen molar-refractivity contribution in [3.63, 3.8) is 0 Å². The summed E-state index contributed by atoms with van der Waals surface area (Å²) in [5.74, 6) is -0.716. The number of hydrogen-bond donors (Lipinski definition) is 7. The summed E-state index contributed by atoms with van der Waals surface area (Å²) in [7, 11) is -5.11. The highest BCUT2D eigenvalue weighted by atomic mass is 32.3. The van der Waals surface area contributed by atoms with Gasteiger partial charge in [-0.3, -0.25) is 9.35 Å². The highest BCUT2D eigenvalue weighted by Crippen LogP contribution is 2.26. The smallest absolute Gasteiger partial charge is 0.394 e. The van der Waals surface area contributed by atoms with Crippen LogP contribution in [0.15, 0.2) is 24.3 Å². The Balaban J connectivity index is 2.64. The van der Waals surface area contributed by atoms with E-state index in [4.69, 9.17) is 14.0 Å². The van der Waals surface area contributed by atoms with Crippen LogP contribution < -0.4 is 5.32 Å². The van der Waals surface area contributed by atoms with Crippen molar-refractivity contribution < 1.29 is 57.0 Å². The lowest BCUT2D eigenvalue weighted by molar-refractivity contribution is -0.298. The third kappa shape index (κ3) is 22.7. The van der Waals surface area contributed by atoms with Gasteiger partial charge in [-0.1, -0.05) is 128 Å². The standard InChI is InChI=1S/C38H71NO12S/c1-3-5-7-9-11-13-14-15-16-17-18-19-21-23-25-27-32(42)37(45)39-30(31(41)26-24-22-20-12-10-8-6-4-2)29-49-38-35(44)36(51-52(46,47)48)34(43)33(28-40)50-38/h16-17,24,26,30-36,38,40-44H,3-15,18-23,25,27-29H2,1-2H3,(H,39,45)(H,46,47,48)/b17-16-,26-24+. The molecule has 52 heavy (non-hydrogen) atoms. The van der Waals surface area contributed by atoms with Crippen LogP contribution in [0.25, 0.3) is 0 Å². The molecule has 8 atom stereocenters. The molecule has 1 fully saturated rings. The minimum Gasteiger partial charge on any atom is -0.394 e. The van der Waals surface area contributed by atoms with Gasteiger partial charge in [0, 0.05) is 0 Å². The van der Waals surface area contributed by atoms with Gasteiger partial charge in [0.05, 0.1) is 25.4 Å². The molecule has 0 aromatic heterocycles. The minimum absolute atomic E-state index is 0.229. The molecule has 306 valence electrons. The van der Waals surface area contributed by atoms with Crippen molar-refractivity contribution in [1.82, 2.24) is 5.32 Å². The Morgan fingerprint density at radius 1 is 0.769 bits per heavy atom. The Kier molecular flexibility index (Phi) is 27.9. The summed E-state index contributed by atoms with van der Waals surface area (Å²) >= 11 is 0. The average molecular weight is 766 g/mol. The predicted octanol–water partition coefficient (Wildman–Crippen LogP) is 5.18. The van der Waals surface area contributed by atoms with Crippen LogP contribution in [-0.4, -0.2) is 107 Å². The number of aliphatic hydroxyl groups is 5. The Hall–Kier alpha value is -1.46. The first-order valence-electron chi connectivity index (χ1n) is 19.8. The van der Waals surface area contributed by atoms with Crippen LogP contribution in [0.5, 0.6) is 0 Å². The Morgan fingerprint density at radius 3 is 1.79 bits per heavy atom. The lowest BCUT2D eigenvalue weighted by atomic mass is 9.99. The van der Waals surface area contributed by atoms with Crippen molar-refractivity contribution in [2.45, 2.75) is 198 Å². The first kappa shape index (κ1) is 48.6. The fourth-order valence-corrected chi connectivity index (χ4v) is 6.61. The molecule has 0 bridgehead atoms. The van der Waals surface area contributed by atoms with Gasteiger partial charge in [0.2, 0.25) is 5.91 Å². The van der Waals surface area contributed by atoms with E-state index in [1.165, 1.54) is 63.9 Å². The minimum atomic E-state index is -5.11. The molecule has 13 nitrogen and oxygen atoms in total. The first-order valence-corrected chi connectivity index (χ1v) is 21.2. The summed E-state index contributed by atoms with van der Waals surface area (Å²) < 4.78 is 47.2. The van der Waals surface area contributed by atoms with Gasteiger partial charge in [0.15, 0.2) is 6.29 Å². The summed E-state index contributed by atoms with van der Waals surface area (Å²) in [6, 6.07) is -1.12. The molecule has 7 N–H and O–H groups in total. The van der Waals surface area contributed by atoms with Gasteiger partial charge in [-0.25, -0.2) is 4.18 Å². The van der Waals surface area contributed by atoms with Gasteiger partial charge in [0.1, 0.15) is 30.5 Å². The molecular formula is C38H71NO12S. The maximum Gasteiger partial charge on any atom is 0.397 e. The average Bonchev–Trinajstić information content (AvgIpc) is 3.11. The lowest BCUT2D eigenvalue weighted by Gasteiger charge is -2.41. The van der Waals surface area contributed by atoms with E-state index in [1.807, 2.05) is 0 Å². The lowest BCUT2D eigenvalue weighted by Crippen LogP contribution is -2.61. The van der Waals surface area contributed by atoms with Gasteiger partial charge in [-0.2, -0.15) is 8.42 Å². The number of amides is 1. The topological polar surface area (TPSA) is 212 Å². The van der Waals surface area contributed by atoms with E-state index in [0.29, 0.717) is 12.8 Å². The number of ether oxygens (including phenoxy) is 2. The number of unbranched alkanes of at least 4 members (excludes halogenated alkanes) is 17. The molecule has 0 aliphatic carbocycles. The van der Waals surface area contributed by atoms with Crippen LogP contribution in [0.1, 0.15) is 149 Å². The van der Waals surface area contributed by atoms with E-state index < -0.39 is 78.5 Å². The van der Waals surface area contributed by atoms with Crippen molar-refractivity contribution in [2.24, 2.45) is 0 Å². The number of allylic oxidation sites excluding steroid dienone is 3. The monoisotopic (exact) mass is 765 g/mol. The maximum absolute atomic E-state index is 13.0. The van der Waals surface area contributed by atoms with E-state index in [0.717, 1.165) is 57.8 Å². The highest BCUT2D eigenvalue weighted by molar-refractivity contribution is 7.80. The summed E-state index contributed by atoms with van der Waals surface area (Å²) in [6.07, 6.45) is 18.7. The molecule has 0 aromatic carbocycles. The van der Waals surface area contributed by atoms with Crippen LogP contribution in [0.2, 0.25) is 0 Å². The van der Waals surface area contributed by atoms with Crippen LogP contribution >= 0.6 is 0 Å². The van der Waals surface area contributed by atoms with Gasteiger partial charge in [0.25, 0.3) is 0 Å². The van der Waals surface area contributed by atoms with E-state index in [2.05, 4.69) is 35.5 Å². The number of aliphatic hydroxyl groups excluding tert-OH is 5. The van der Waals surface area contributed by atoms with Crippen LogP contribution in [0, 0.1) is 0 Å². The Morgan fingerprint density at radius 2 is 1.27 bits per heavy atom. The second-order valence-corrected chi connectivity index (χ2v) is 15.1. The van der Waals surface area contributed by atoms with Gasteiger partial charge in [-0.15, -0.1) is 0 Å². The molecule has 1 saturated heterocycles. The van der Waals surface area contributed by atoms with E-state index >= 15 is 0 Å². The molecular weight excluding hydrogens is 694 g/mol. The fraction of sp³-hybridized carbons (Fsp3) is 0.868. The van der Waals surface area contributed by atoms with Gasteiger partial charge >= 0.3 is 10.4 Å². The molecule has 0 spiro atoms. The molecule has 8 unspecified atom stereocenters. The summed E-state index contributed by atoms with van der Waals surface area (Å²) in [4.78, 5) is 13.0. The van der Waals surface area contributed by atoms with E-state index in [1.54, 1.807) is 6.08 Å². The zero-order chi connectivity index (χ0) is 38.6.